The molecule has 1 aromatic rings. The van der Waals surface area contributed by atoms with Gasteiger partial charge >= 0.3 is 0 Å². The van der Waals surface area contributed by atoms with E-state index >= 15 is 0 Å². The SMILES string of the molecule is CC(C)CNC(=O)C1CCN(S(=O)(=O)c2cccc(Cl)c2)CC1. The number of amides is 1. The standard InChI is InChI=1S/C16H23ClN2O3S/c1-12(2)11-18-16(20)13-6-8-19(9-7-13)23(21,22)15-5-3-4-14(17)10-15/h3-5,10,12-13H,6-9,11H2,1-2H3,(H,18,20). The Hall–Kier alpha value is -1.11. The first kappa shape index (κ1) is 18.2. The molecule has 1 heterocycles. The number of carbonyl (C=O) groups is 1. The van der Waals surface area contributed by atoms with E-state index in [0.717, 1.165) is 0 Å². The maximum atomic E-state index is 12.6. The lowest BCUT2D eigenvalue weighted by molar-refractivity contribution is -0.126. The van der Waals surface area contributed by atoms with Gasteiger partial charge in [-0.1, -0.05) is 31.5 Å². The van der Waals surface area contributed by atoms with Gasteiger partial charge in [0.2, 0.25) is 15.9 Å². The Morgan fingerprint density at radius 2 is 2.00 bits per heavy atom. The van der Waals surface area contributed by atoms with Crippen LogP contribution in [0.5, 0.6) is 0 Å². The van der Waals surface area contributed by atoms with Gasteiger partial charge in [-0.25, -0.2) is 8.42 Å². The average Bonchev–Trinajstić information content (AvgIpc) is 2.52. The molecule has 128 valence electrons. The number of hydrogen-bond donors (Lipinski definition) is 1. The zero-order valence-electron chi connectivity index (χ0n) is 13.5. The van der Waals surface area contributed by atoms with Crippen LogP contribution in [0.1, 0.15) is 26.7 Å². The van der Waals surface area contributed by atoms with Crippen molar-refractivity contribution in [1.82, 2.24) is 9.62 Å². The lowest BCUT2D eigenvalue weighted by Gasteiger charge is -2.30. The van der Waals surface area contributed by atoms with E-state index < -0.39 is 10.0 Å². The van der Waals surface area contributed by atoms with E-state index in [4.69, 9.17) is 11.6 Å². The van der Waals surface area contributed by atoms with E-state index in [0.29, 0.717) is 43.4 Å². The van der Waals surface area contributed by atoms with Crippen molar-refractivity contribution in [3.05, 3.63) is 29.3 Å². The molecule has 0 spiro atoms. The van der Waals surface area contributed by atoms with E-state index in [-0.39, 0.29) is 16.7 Å². The van der Waals surface area contributed by atoms with Crippen molar-refractivity contribution in [2.75, 3.05) is 19.6 Å². The molecule has 1 fully saturated rings. The number of carbonyl (C=O) groups excluding carboxylic acids is 1. The van der Waals surface area contributed by atoms with Gasteiger partial charge in [-0.15, -0.1) is 0 Å². The smallest absolute Gasteiger partial charge is 0.243 e. The van der Waals surface area contributed by atoms with Gasteiger partial charge in [-0.2, -0.15) is 4.31 Å². The summed E-state index contributed by atoms with van der Waals surface area (Å²) in [5.74, 6) is 0.320. The molecule has 0 unspecified atom stereocenters. The first-order valence-electron chi connectivity index (χ1n) is 7.84. The molecule has 1 N–H and O–H groups in total. The van der Waals surface area contributed by atoms with Gasteiger partial charge in [0.25, 0.3) is 0 Å². The third-order valence-corrected chi connectivity index (χ3v) is 6.07. The molecular formula is C16H23ClN2O3S. The largest absolute Gasteiger partial charge is 0.356 e. The van der Waals surface area contributed by atoms with Crippen molar-refractivity contribution in [2.24, 2.45) is 11.8 Å². The normalized spacial score (nSPS) is 17.4. The quantitative estimate of drug-likeness (QED) is 0.879. The van der Waals surface area contributed by atoms with E-state index in [1.165, 1.54) is 10.4 Å². The highest BCUT2D eigenvalue weighted by molar-refractivity contribution is 7.89. The Balaban J connectivity index is 1.97. The second-order valence-electron chi connectivity index (χ2n) is 6.27. The number of nitrogens with zero attached hydrogens (tertiary/aromatic N) is 1. The Bertz CT molecular complexity index is 653. The van der Waals surface area contributed by atoms with Crippen LogP contribution < -0.4 is 5.32 Å². The first-order valence-corrected chi connectivity index (χ1v) is 9.66. The summed E-state index contributed by atoms with van der Waals surface area (Å²) in [6.45, 7) is 5.45. The first-order chi connectivity index (χ1) is 10.8. The molecule has 0 aromatic heterocycles. The number of nitrogens with one attached hydrogen (secondary N) is 1. The van der Waals surface area contributed by atoms with Crippen LogP contribution in [-0.2, 0) is 14.8 Å². The van der Waals surface area contributed by atoms with Gasteiger partial charge in [-0.05, 0) is 37.0 Å². The maximum Gasteiger partial charge on any atom is 0.243 e. The molecule has 7 heteroatoms. The van der Waals surface area contributed by atoms with Crippen LogP contribution in [0.25, 0.3) is 0 Å². The van der Waals surface area contributed by atoms with Crippen molar-refractivity contribution in [1.29, 1.82) is 0 Å². The van der Waals surface area contributed by atoms with E-state index in [1.807, 2.05) is 13.8 Å². The van der Waals surface area contributed by atoms with Gasteiger partial charge in [-0.3, -0.25) is 4.79 Å². The molecule has 1 aliphatic rings. The van der Waals surface area contributed by atoms with Crippen molar-refractivity contribution in [3.63, 3.8) is 0 Å². The molecule has 0 saturated carbocycles. The number of hydrogen-bond acceptors (Lipinski definition) is 3. The molecule has 0 bridgehead atoms. The predicted octanol–water partition coefficient (Wildman–Crippen LogP) is 2.51. The Kier molecular flexibility index (Phi) is 6.06. The van der Waals surface area contributed by atoms with Crippen LogP contribution >= 0.6 is 11.6 Å². The molecule has 5 nitrogen and oxygen atoms in total. The number of piperidine rings is 1. The summed E-state index contributed by atoms with van der Waals surface area (Å²) < 4.78 is 26.6. The van der Waals surface area contributed by atoms with E-state index in [2.05, 4.69) is 5.32 Å². The molecule has 0 atom stereocenters. The minimum atomic E-state index is -3.54. The second kappa shape index (κ2) is 7.64. The van der Waals surface area contributed by atoms with Gasteiger partial charge in [0.15, 0.2) is 0 Å². The van der Waals surface area contributed by atoms with Gasteiger partial charge < -0.3 is 5.32 Å². The summed E-state index contributed by atoms with van der Waals surface area (Å²) in [4.78, 5) is 12.3. The van der Waals surface area contributed by atoms with Crippen molar-refractivity contribution < 1.29 is 13.2 Å². The fourth-order valence-corrected chi connectivity index (χ4v) is 4.36. The monoisotopic (exact) mass is 358 g/mol. The minimum absolute atomic E-state index is 0.0264. The summed E-state index contributed by atoms with van der Waals surface area (Å²) in [5.41, 5.74) is 0. The number of sulfonamides is 1. The van der Waals surface area contributed by atoms with Crippen LogP contribution in [-0.4, -0.2) is 38.3 Å². The van der Waals surface area contributed by atoms with Gasteiger partial charge in [0.1, 0.15) is 0 Å². The predicted molar refractivity (Wildman–Crippen MR) is 90.8 cm³/mol. The number of rotatable bonds is 5. The summed E-state index contributed by atoms with van der Waals surface area (Å²) in [7, 11) is -3.54. The molecule has 1 amide bonds. The summed E-state index contributed by atoms with van der Waals surface area (Å²) in [5, 5.41) is 3.32. The Morgan fingerprint density at radius 1 is 1.35 bits per heavy atom. The molecule has 1 aliphatic heterocycles. The van der Waals surface area contributed by atoms with Crippen LogP contribution in [0.2, 0.25) is 5.02 Å². The highest BCUT2D eigenvalue weighted by Crippen LogP contribution is 2.25. The zero-order valence-corrected chi connectivity index (χ0v) is 15.0. The molecule has 0 radical (unpaired) electrons. The highest BCUT2D eigenvalue weighted by Gasteiger charge is 2.32. The third kappa shape index (κ3) is 4.68. The minimum Gasteiger partial charge on any atom is -0.356 e. The third-order valence-electron chi connectivity index (χ3n) is 3.94. The van der Waals surface area contributed by atoms with Crippen LogP contribution in [0.4, 0.5) is 0 Å². The number of halogens is 1. The van der Waals surface area contributed by atoms with Gasteiger partial charge in [0.05, 0.1) is 4.90 Å². The Morgan fingerprint density at radius 3 is 2.57 bits per heavy atom. The van der Waals surface area contributed by atoms with Crippen LogP contribution in [0.3, 0.4) is 0 Å². The number of benzene rings is 1. The lowest BCUT2D eigenvalue weighted by Crippen LogP contribution is -2.43. The second-order valence-corrected chi connectivity index (χ2v) is 8.65. The molecular weight excluding hydrogens is 336 g/mol. The summed E-state index contributed by atoms with van der Waals surface area (Å²) in [6.07, 6.45) is 1.09. The van der Waals surface area contributed by atoms with Crippen LogP contribution in [0.15, 0.2) is 29.2 Å². The average molecular weight is 359 g/mol. The van der Waals surface area contributed by atoms with E-state index in [9.17, 15) is 13.2 Å². The van der Waals surface area contributed by atoms with Crippen molar-refractivity contribution in [3.8, 4) is 0 Å². The lowest BCUT2D eigenvalue weighted by atomic mass is 9.97. The summed E-state index contributed by atoms with van der Waals surface area (Å²) >= 11 is 5.88. The molecule has 0 aliphatic carbocycles. The molecule has 2 rings (SSSR count). The molecule has 1 aromatic carbocycles. The summed E-state index contributed by atoms with van der Waals surface area (Å²) in [6, 6.07) is 6.27. The zero-order chi connectivity index (χ0) is 17.0. The van der Waals surface area contributed by atoms with E-state index in [1.54, 1.807) is 18.2 Å². The molecule has 1 saturated heterocycles. The topological polar surface area (TPSA) is 66.5 Å². The fraction of sp³-hybridized carbons (Fsp3) is 0.562. The highest BCUT2D eigenvalue weighted by atomic mass is 35.5. The van der Waals surface area contributed by atoms with Crippen molar-refractivity contribution >= 4 is 27.5 Å². The van der Waals surface area contributed by atoms with Crippen LogP contribution in [0, 0.1) is 11.8 Å². The fourth-order valence-electron chi connectivity index (χ4n) is 2.58. The van der Waals surface area contributed by atoms with Crippen molar-refractivity contribution in [2.45, 2.75) is 31.6 Å². The Labute approximate surface area is 143 Å². The molecule has 23 heavy (non-hydrogen) atoms. The maximum absolute atomic E-state index is 12.6. The van der Waals surface area contributed by atoms with Gasteiger partial charge in [0, 0.05) is 30.6 Å².